The van der Waals surface area contributed by atoms with Gasteiger partial charge in [0.1, 0.15) is 5.75 Å². The van der Waals surface area contributed by atoms with Crippen LogP contribution in [0.1, 0.15) is 5.56 Å². The smallest absolute Gasteiger partial charge is 0.337 e. The van der Waals surface area contributed by atoms with Gasteiger partial charge in [-0.2, -0.15) is 0 Å². The first kappa shape index (κ1) is 7.73. The van der Waals surface area contributed by atoms with Crippen molar-refractivity contribution in [3.05, 3.63) is 42.1 Å². The second kappa shape index (κ2) is 3.23. The van der Waals surface area contributed by atoms with Gasteiger partial charge in [0.2, 0.25) is 0 Å². The van der Waals surface area contributed by atoms with E-state index in [1.54, 1.807) is 12.3 Å². The lowest BCUT2D eigenvalue weighted by Gasteiger charge is -2.05. The number of carbonyl (C=O) groups excluding carboxylic acids is 1. The molecule has 0 saturated carbocycles. The Hall–Kier alpha value is -1.90. The molecule has 1 aliphatic heterocycles. The summed E-state index contributed by atoms with van der Waals surface area (Å²) in [6.07, 6.45) is 4.35. The molecule has 0 aromatic heterocycles. The standard InChI is InChI=1S/C10H7NO2/c12-10-5-6-11-7-8-3-1-2-4-9(8)13-10/h1-7H. The number of aliphatic imine (C=N–C) groups is 1. The van der Waals surface area contributed by atoms with Gasteiger partial charge in [-0.25, -0.2) is 4.79 Å². The molecule has 0 aliphatic carbocycles. The lowest BCUT2D eigenvalue weighted by molar-refractivity contribution is -0.129. The molecule has 2 rings (SSSR count). The largest absolute Gasteiger partial charge is 0.423 e. The van der Waals surface area contributed by atoms with Crippen molar-refractivity contribution in [3.8, 4) is 5.75 Å². The van der Waals surface area contributed by atoms with Crippen molar-refractivity contribution in [3.63, 3.8) is 0 Å². The lowest BCUT2D eigenvalue weighted by atomic mass is 10.2. The van der Waals surface area contributed by atoms with Gasteiger partial charge < -0.3 is 4.74 Å². The summed E-state index contributed by atoms with van der Waals surface area (Å²) >= 11 is 0. The van der Waals surface area contributed by atoms with E-state index in [1.807, 2.05) is 18.2 Å². The number of nitrogens with zero attached hydrogens (tertiary/aromatic N) is 1. The average molecular weight is 173 g/mol. The maximum atomic E-state index is 11.0. The van der Waals surface area contributed by atoms with Crippen LogP contribution in [0.15, 0.2) is 41.5 Å². The summed E-state index contributed by atoms with van der Waals surface area (Å²) in [5.41, 5.74) is 0.806. The van der Waals surface area contributed by atoms with E-state index >= 15 is 0 Å². The number of para-hydroxylation sites is 1. The number of rotatable bonds is 0. The van der Waals surface area contributed by atoms with Crippen LogP contribution < -0.4 is 4.74 Å². The third kappa shape index (κ3) is 1.64. The number of benzene rings is 1. The maximum absolute atomic E-state index is 11.0. The van der Waals surface area contributed by atoms with Crippen molar-refractivity contribution < 1.29 is 9.53 Å². The highest BCUT2D eigenvalue weighted by atomic mass is 16.5. The number of esters is 1. The van der Waals surface area contributed by atoms with Crippen molar-refractivity contribution >= 4 is 12.2 Å². The lowest BCUT2D eigenvalue weighted by Crippen LogP contribution is -2.06. The van der Waals surface area contributed by atoms with Crippen molar-refractivity contribution in [1.29, 1.82) is 0 Å². The summed E-state index contributed by atoms with van der Waals surface area (Å²) in [5, 5.41) is 0. The van der Waals surface area contributed by atoms with Gasteiger partial charge in [0, 0.05) is 24.1 Å². The molecule has 13 heavy (non-hydrogen) atoms. The highest BCUT2D eigenvalue weighted by Gasteiger charge is 2.05. The Kier molecular flexibility index (Phi) is 1.92. The Morgan fingerprint density at radius 2 is 2.08 bits per heavy atom. The van der Waals surface area contributed by atoms with E-state index in [1.165, 1.54) is 12.3 Å². The van der Waals surface area contributed by atoms with Gasteiger partial charge in [-0.3, -0.25) is 4.99 Å². The molecule has 0 saturated heterocycles. The van der Waals surface area contributed by atoms with Gasteiger partial charge in [-0.1, -0.05) is 12.1 Å². The molecule has 0 N–H and O–H groups in total. The van der Waals surface area contributed by atoms with Crippen LogP contribution in [-0.4, -0.2) is 12.2 Å². The average Bonchev–Trinajstić information content (AvgIpc) is 2.11. The predicted octanol–water partition coefficient (Wildman–Crippen LogP) is 1.54. The minimum Gasteiger partial charge on any atom is -0.423 e. The zero-order chi connectivity index (χ0) is 9.10. The first-order valence-electron chi connectivity index (χ1n) is 3.87. The zero-order valence-electron chi connectivity index (χ0n) is 6.81. The summed E-state index contributed by atoms with van der Waals surface area (Å²) in [5.74, 6) is 0.143. The van der Waals surface area contributed by atoms with E-state index in [2.05, 4.69) is 4.99 Å². The van der Waals surface area contributed by atoms with Gasteiger partial charge in [-0.15, -0.1) is 0 Å². The Balaban J connectivity index is 2.49. The molecule has 0 amide bonds. The molecule has 0 spiro atoms. The number of ether oxygens (including phenoxy) is 1. The molecule has 0 radical (unpaired) electrons. The van der Waals surface area contributed by atoms with Crippen LogP contribution in [-0.2, 0) is 4.79 Å². The van der Waals surface area contributed by atoms with Crippen LogP contribution in [0, 0.1) is 0 Å². The molecule has 3 heteroatoms. The molecule has 0 bridgehead atoms. The van der Waals surface area contributed by atoms with Gasteiger partial charge in [0.15, 0.2) is 0 Å². The quantitative estimate of drug-likeness (QED) is 0.441. The molecule has 0 fully saturated rings. The minimum absolute atomic E-state index is 0.399. The Morgan fingerprint density at radius 1 is 1.23 bits per heavy atom. The second-order valence-corrected chi connectivity index (χ2v) is 2.55. The molecular weight excluding hydrogens is 166 g/mol. The van der Waals surface area contributed by atoms with Gasteiger partial charge >= 0.3 is 5.97 Å². The van der Waals surface area contributed by atoms with Crippen molar-refractivity contribution in [2.75, 3.05) is 0 Å². The normalized spacial score (nSPS) is 14.3. The van der Waals surface area contributed by atoms with Crippen molar-refractivity contribution in [1.82, 2.24) is 0 Å². The van der Waals surface area contributed by atoms with E-state index in [4.69, 9.17) is 4.74 Å². The molecule has 64 valence electrons. The van der Waals surface area contributed by atoms with Gasteiger partial charge in [0.25, 0.3) is 0 Å². The monoisotopic (exact) mass is 173 g/mol. The van der Waals surface area contributed by atoms with Crippen molar-refractivity contribution in [2.45, 2.75) is 0 Å². The minimum atomic E-state index is -0.399. The molecule has 0 atom stereocenters. The van der Waals surface area contributed by atoms with E-state index in [9.17, 15) is 4.79 Å². The van der Waals surface area contributed by atoms with Crippen LogP contribution in [0.3, 0.4) is 0 Å². The van der Waals surface area contributed by atoms with Crippen molar-refractivity contribution in [2.24, 2.45) is 4.99 Å². The van der Waals surface area contributed by atoms with Gasteiger partial charge in [-0.05, 0) is 12.1 Å². The van der Waals surface area contributed by atoms with E-state index in [0.29, 0.717) is 5.75 Å². The number of carbonyl (C=O) groups is 1. The molecule has 1 aromatic rings. The zero-order valence-corrected chi connectivity index (χ0v) is 6.81. The second-order valence-electron chi connectivity index (χ2n) is 2.55. The van der Waals surface area contributed by atoms with E-state index in [-0.39, 0.29) is 0 Å². The number of fused-ring (bicyclic) bond motifs is 1. The summed E-state index contributed by atoms with van der Waals surface area (Å²) in [6.45, 7) is 0. The molecule has 1 aromatic carbocycles. The maximum Gasteiger partial charge on any atom is 0.337 e. The fourth-order valence-corrected chi connectivity index (χ4v) is 1.05. The highest BCUT2D eigenvalue weighted by Crippen LogP contribution is 2.17. The van der Waals surface area contributed by atoms with Crippen LogP contribution in [0.4, 0.5) is 0 Å². The highest BCUT2D eigenvalue weighted by molar-refractivity contribution is 5.90. The van der Waals surface area contributed by atoms with Crippen LogP contribution in [0.2, 0.25) is 0 Å². The SMILES string of the molecule is O=C1C=CN=Cc2ccccc2O1. The molecule has 3 nitrogen and oxygen atoms in total. The van der Waals surface area contributed by atoms with Gasteiger partial charge in [0.05, 0.1) is 0 Å². The van der Waals surface area contributed by atoms with Crippen LogP contribution in [0.25, 0.3) is 0 Å². The van der Waals surface area contributed by atoms with Crippen LogP contribution in [0.5, 0.6) is 5.75 Å². The number of hydrogen-bond donors (Lipinski definition) is 0. The van der Waals surface area contributed by atoms with E-state index < -0.39 is 5.97 Å². The molecular formula is C10H7NO2. The third-order valence-electron chi connectivity index (χ3n) is 1.64. The fourth-order valence-electron chi connectivity index (χ4n) is 1.05. The Labute approximate surface area is 75.4 Å². The summed E-state index contributed by atoms with van der Waals surface area (Å²) in [7, 11) is 0. The van der Waals surface area contributed by atoms with E-state index in [0.717, 1.165) is 5.56 Å². The molecule has 1 aliphatic rings. The molecule has 1 heterocycles. The summed E-state index contributed by atoms with van der Waals surface area (Å²) < 4.78 is 5.02. The summed E-state index contributed by atoms with van der Waals surface area (Å²) in [6, 6.07) is 7.25. The fraction of sp³-hybridized carbons (Fsp3) is 0. The van der Waals surface area contributed by atoms with Crippen LogP contribution >= 0.6 is 0 Å². The first-order chi connectivity index (χ1) is 6.36. The summed E-state index contributed by atoms with van der Waals surface area (Å²) in [4.78, 5) is 14.9. The third-order valence-corrected chi connectivity index (χ3v) is 1.64. The Morgan fingerprint density at radius 3 is 3.00 bits per heavy atom. The number of hydrogen-bond acceptors (Lipinski definition) is 3. The first-order valence-corrected chi connectivity index (χ1v) is 3.87. The topological polar surface area (TPSA) is 38.7 Å². The Bertz CT molecular complexity index is 394. The molecule has 0 unspecified atom stereocenters. The predicted molar refractivity (Wildman–Crippen MR) is 48.8 cm³/mol.